The van der Waals surface area contributed by atoms with Crippen LogP contribution in [-0.2, 0) is 17.8 Å². The number of benzene rings is 1. The van der Waals surface area contributed by atoms with Crippen LogP contribution >= 0.6 is 11.6 Å². The Labute approximate surface area is 122 Å². The topological polar surface area (TPSA) is 55.2 Å². The number of aromatic nitrogens is 2. The molecule has 2 heterocycles. The molecule has 0 aliphatic carbocycles. The number of fused-ring (bicyclic) bond motifs is 1. The first-order valence-corrected chi connectivity index (χ1v) is 6.87. The SMILES string of the molecule is Cc1cc(-c2nc(Cl)c3c(n2)CCOC3)cc(C)c1O. The lowest BCUT2D eigenvalue weighted by Crippen LogP contribution is -2.14. The van der Waals surface area contributed by atoms with Gasteiger partial charge in [-0.2, -0.15) is 0 Å². The Morgan fingerprint density at radius 1 is 1.20 bits per heavy atom. The number of ether oxygens (including phenoxy) is 1. The van der Waals surface area contributed by atoms with Gasteiger partial charge < -0.3 is 9.84 Å². The molecule has 0 saturated carbocycles. The normalized spacial score (nSPS) is 14.2. The predicted octanol–water partition coefficient (Wildman–Crippen LogP) is 3.19. The molecule has 1 aliphatic rings. The minimum absolute atomic E-state index is 0.311. The Balaban J connectivity index is 2.13. The molecule has 4 nitrogen and oxygen atoms in total. The fraction of sp³-hybridized carbons (Fsp3) is 0.333. The van der Waals surface area contributed by atoms with Crippen molar-refractivity contribution < 1.29 is 9.84 Å². The second-order valence-electron chi connectivity index (χ2n) is 5.02. The Morgan fingerprint density at radius 3 is 2.60 bits per heavy atom. The van der Waals surface area contributed by atoms with Gasteiger partial charge in [0.05, 0.1) is 18.9 Å². The maximum Gasteiger partial charge on any atom is 0.161 e. The molecule has 20 heavy (non-hydrogen) atoms. The highest BCUT2D eigenvalue weighted by Crippen LogP contribution is 2.30. The van der Waals surface area contributed by atoms with Crippen molar-refractivity contribution in [2.24, 2.45) is 0 Å². The van der Waals surface area contributed by atoms with Crippen molar-refractivity contribution in [2.75, 3.05) is 6.61 Å². The molecule has 0 bridgehead atoms. The molecular weight excluding hydrogens is 276 g/mol. The van der Waals surface area contributed by atoms with Crippen LogP contribution in [-0.4, -0.2) is 21.7 Å². The van der Waals surface area contributed by atoms with Crippen molar-refractivity contribution in [3.63, 3.8) is 0 Å². The smallest absolute Gasteiger partial charge is 0.161 e. The predicted molar refractivity (Wildman–Crippen MR) is 77.0 cm³/mol. The van der Waals surface area contributed by atoms with Crippen LogP contribution in [0.25, 0.3) is 11.4 Å². The van der Waals surface area contributed by atoms with E-state index in [-0.39, 0.29) is 0 Å². The lowest BCUT2D eigenvalue weighted by molar-refractivity contribution is 0.109. The Kier molecular flexibility index (Phi) is 3.36. The molecule has 1 N–H and O–H groups in total. The maximum absolute atomic E-state index is 9.84. The Hall–Kier alpha value is -1.65. The molecule has 3 rings (SSSR count). The van der Waals surface area contributed by atoms with E-state index in [1.165, 1.54) is 0 Å². The minimum atomic E-state index is 0.311. The quantitative estimate of drug-likeness (QED) is 0.820. The maximum atomic E-state index is 9.84. The molecule has 5 heteroatoms. The van der Waals surface area contributed by atoms with E-state index in [2.05, 4.69) is 9.97 Å². The number of phenols is 1. The van der Waals surface area contributed by atoms with Gasteiger partial charge in [-0.25, -0.2) is 9.97 Å². The molecule has 0 radical (unpaired) electrons. The fourth-order valence-electron chi connectivity index (χ4n) is 2.41. The van der Waals surface area contributed by atoms with Gasteiger partial charge in [-0.05, 0) is 37.1 Å². The van der Waals surface area contributed by atoms with Crippen LogP contribution in [0.4, 0.5) is 0 Å². The van der Waals surface area contributed by atoms with Crippen LogP contribution in [0.2, 0.25) is 5.15 Å². The van der Waals surface area contributed by atoms with Crippen molar-refractivity contribution >= 4 is 11.6 Å². The van der Waals surface area contributed by atoms with Crippen LogP contribution < -0.4 is 0 Å². The standard InChI is InChI=1S/C15H15ClN2O2/c1-8-5-10(6-9(2)13(8)19)15-17-12-3-4-20-7-11(12)14(16)18-15/h5-6,19H,3-4,7H2,1-2H3. The Bertz CT molecular complexity index is 663. The zero-order valence-corrected chi connectivity index (χ0v) is 12.2. The van der Waals surface area contributed by atoms with Gasteiger partial charge >= 0.3 is 0 Å². The van der Waals surface area contributed by atoms with E-state index >= 15 is 0 Å². The summed E-state index contributed by atoms with van der Waals surface area (Å²) >= 11 is 6.23. The van der Waals surface area contributed by atoms with Crippen LogP contribution in [0.3, 0.4) is 0 Å². The minimum Gasteiger partial charge on any atom is -0.507 e. The summed E-state index contributed by atoms with van der Waals surface area (Å²) in [6.07, 6.45) is 0.751. The summed E-state index contributed by atoms with van der Waals surface area (Å²) < 4.78 is 5.38. The molecule has 0 atom stereocenters. The number of aryl methyl sites for hydroxylation is 2. The third-order valence-electron chi connectivity index (χ3n) is 3.52. The average Bonchev–Trinajstić information content (AvgIpc) is 2.44. The summed E-state index contributed by atoms with van der Waals surface area (Å²) in [5, 5.41) is 10.3. The van der Waals surface area contributed by atoms with E-state index in [4.69, 9.17) is 16.3 Å². The highest BCUT2D eigenvalue weighted by Gasteiger charge is 2.18. The largest absolute Gasteiger partial charge is 0.507 e. The average molecular weight is 291 g/mol. The molecule has 0 unspecified atom stereocenters. The number of nitrogens with zero attached hydrogens (tertiary/aromatic N) is 2. The number of aromatic hydroxyl groups is 1. The molecule has 0 amide bonds. The van der Waals surface area contributed by atoms with Crippen molar-refractivity contribution in [3.8, 4) is 17.1 Å². The zero-order valence-electron chi connectivity index (χ0n) is 11.4. The molecule has 0 saturated heterocycles. The van der Waals surface area contributed by atoms with E-state index in [0.717, 1.165) is 34.4 Å². The van der Waals surface area contributed by atoms with Gasteiger partial charge in [0.25, 0.3) is 0 Å². The van der Waals surface area contributed by atoms with Gasteiger partial charge in [0.2, 0.25) is 0 Å². The van der Waals surface area contributed by atoms with E-state index < -0.39 is 0 Å². The molecule has 1 aliphatic heterocycles. The van der Waals surface area contributed by atoms with Crippen molar-refractivity contribution in [2.45, 2.75) is 26.9 Å². The van der Waals surface area contributed by atoms with Crippen LogP contribution in [0.1, 0.15) is 22.4 Å². The molecule has 1 aromatic carbocycles. The van der Waals surface area contributed by atoms with E-state index in [9.17, 15) is 5.11 Å². The Morgan fingerprint density at radius 2 is 1.90 bits per heavy atom. The van der Waals surface area contributed by atoms with Gasteiger partial charge in [-0.1, -0.05) is 11.6 Å². The first-order chi connectivity index (χ1) is 9.56. The summed E-state index contributed by atoms with van der Waals surface area (Å²) in [6, 6.07) is 3.75. The number of hydrogen-bond acceptors (Lipinski definition) is 4. The summed E-state index contributed by atoms with van der Waals surface area (Å²) in [4.78, 5) is 8.96. The van der Waals surface area contributed by atoms with E-state index in [0.29, 0.717) is 29.9 Å². The van der Waals surface area contributed by atoms with Crippen molar-refractivity contribution in [1.29, 1.82) is 0 Å². The highest BCUT2D eigenvalue weighted by molar-refractivity contribution is 6.30. The zero-order chi connectivity index (χ0) is 14.3. The first kappa shape index (κ1) is 13.3. The molecule has 2 aromatic rings. The van der Waals surface area contributed by atoms with Gasteiger partial charge in [0.15, 0.2) is 5.82 Å². The van der Waals surface area contributed by atoms with Crippen LogP contribution in [0.5, 0.6) is 5.75 Å². The van der Waals surface area contributed by atoms with Gasteiger partial charge in [-0.15, -0.1) is 0 Å². The second kappa shape index (κ2) is 5.04. The monoisotopic (exact) mass is 290 g/mol. The number of halogens is 1. The molecule has 0 fully saturated rings. The lowest BCUT2D eigenvalue weighted by Gasteiger charge is -2.17. The summed E-state index contributed by atoms with van der Waals surface area (Å²) in [5.74, 6) is 0.910. The molecule has 1 aromatic heterocycles. The van der Waals surface area contributed by atoms with Gasteiger partial charge in [-0.3, -0.25) is 0 Å². The number of phenolic OH excluding ortho intramolecular Hbond substituents is 1. The molecular formula is C15H15ClN2O2. The summed E-state index contributed by atoms with van der Waals surface area (Å²) in [7, 11) is 0. The van der Waals surface area contributed by atoms with E-state index in [1.54, 1.807) is 0 Å². The van der Waals surface area contributed by atoms with Crippen molar-refractivity contribution in [3.05, 3.63) is 39.7 Å². The molecule has 104 valence electrons. The molecule has 0 spiro atoms. The third-order valence-corrected chi connectivity index (χ3v) is 3.83. The highest BCUT2D eigenvalue weighted by atomic mass is 35.5. The van der Waals surface area contributed by atoms with Gasteiger partial charge in [0, 0.05) is 17.5 Å². The van der Waals surface area contributed by atoms with Crippen molar-refractivity contribution in [1.82, 2.24) is 9.97 Å². The first-order valence-electron chi connectivity index (χ1n) is 6.50. The van der Waals surface area contributed by atoms with Gasteiger partial charge in [0.1, 0.15) is 10.9 Å². The summed E-state index contributed by atoms with van der Waals surface area (Å²) in [5.41, 5.74) is 4.32. The fourth-order valence-corrected chi connectivity index (χ4v) is 2.65. The summed E-state index contributed by atoms with van der Waals surface area (Å²) in [6.45, 7) is 4.86. The van der Waals surface area contributed by atoms with Crippen LogP contribution in [0.15, 0.2) is 12.1 Å². The van der Waals surface area contributed by atoms with E-state index in [1.807, 2.05) is 26.0 Å². The van der Waals surface area contributed by atoms with Crippen LogP contribution in [0, 0.1) is 13.8 Å². The lowest BCUT2D eigenvalue weighted by atomic mass is 10.0. The number of rotatable bonds is 1. The number of hydrogen-bond donors (Lipinski definition) is 1. The second-order valence-corrected chi connectivity index (χ2v) is 5.38. The third kappa shape index (κ3) is 2.25.